The van der Waals surface area contributed by atoms with Gasteiger partial charge >= 0.3 is 7.82 Å². The average molecular weight is 548 g/mol. The van der Waals surface area contributed by atoms with E-state index in [9.17, 15) is 19.4 Å². The van der Waals surface area contributed by atoms with Crippen LogP contribution in [0.4, 0.5) is 0 Å². The van der Waals surface area contributed by atoms with E-state index in [1.807, 2.05) is 27.2 Å². The van der Waals surface area contributed by atoms with Crippen molar-refractivity contribution in [3.8, 4) is 0 Å². The molecule has 0 saturated carbocycles. The van der Waals surface area contributed by atoms with Crippen LogP contribution >= 0.6 is 7.82 Å². The molecule has 0 spiro atoms. The van der Waals surface area contributed by atoms with Gasteiger partial charge in [0.15, 0.2) is 0 Å². The molecule has 0 heterocycles. The smallest absolute Gasteiger partial charge is 0.387 e. The third-order valence-corrected chi connectivity index (χ3v) is 6.94. The Balaban J connectivity index is 4.12. The Morgan fingerprint density at radius 1 is 0.892 bits per heavy atom. The molecule has 8 nitrogen and oxygen atoms in total. The minimum atomic E-state index is -4.29. The van der Waals surface area contributed by atoms with Crippen LogP contribution < -0.4 is 5.32 Å². The molecular weight excluding hydrogens is 491 g/mol. The van der Waals surface area contributed by atoms with Crippen LogP contribution in [0, 0.1) is 0 Å². The first-order chi connectivity index (χ1) is 17.5. The molecule has 0 saturated heterocycles. The molecule has 0 aromatic heterocycles. The van der Waals surface area contributed by atoms with Gasteiger partial charge in [0, 0.05) is 6.92 Å². The second kappa shape index (κ2) is 21.9. The number of phosphoric acid groups is 1. The van der Waals surface area contributed by atoms with Crippen LogP contribution in [0.1, 0.15) is 97.3 Å². The monoisotopic (exact) mass is 547 g/mol. The molecule has 218 valence electrons. The maximum absolute atomic E-state index is 12.1. The summed E-state index contributed by atoms with van der Waals surface area (Å²) in [5, 5.41) is 13.0. The molecule has 0 rings (SSSR count). The number of likely N-dealkylation sites (N-methyl/N-ethyl adjacent to an activating group) is 1. The normalized spacial score (nSPS) is 15.8. The van der Waals surface area contributed by atoms with Gasteiger partial charge in [-0.15, -0.1) is 0 Å². The van der Waals surface area contributed by atoms with Crippen LogP contribution in [0.2, 0.25) is 0 Å². The van der Waals surface area contributed by atoms with Crippen LogP contribution in [0.5, 0.6) is 0 Å². The highest BCUT2D eigenvalue weighted by Gasteiger charge is 2.27. The molecule has 3 atom stereocenters. The van der Waals surface area contributed by atoms with E-state index >= 15 is 0 Å². The number of aliphatic hydroxyl groups excluding tert-OH is 1. The first kappa shape index (κ1) is 36.0. The summed E-state index contributed by atoms with van der Waals surface area (Å²) in [6.45, 7) is 3.81. The summed E-state index contributed by atoms with van der Waals surface area (Å²) in [5.41, 5.74) is 0. The van der Waals surface area contributed by atoms with Gasteiger partial charge in [0.2, 0.25) is 5.91 Å². The lowest BCUT2D eigenvalue weighted by Gasteiger charge is -2.25. The standard InChI is InChI=1S/C28H55N2O6P/c1-6-7-8-9-10-11-12-13-14-15-16-17-18-19-20-21-22-28(32)27(29-26(2)31)25-36-37(33,34)35-24-23-30(3,4)5/h17-18,21-22,27-28,32H,6-16,19-20,23-25H2,1-5H3,(H-,29,31,33,34)/p+1/b18-17+,22-21+. The van der Waals surface area contributed by atoms with E-state index in [4.69, 9.17) is 9.05 Å². The maximum Gasteiger partial charge on any atom is 0.472 e. The summed E-state index contributed by atoms with van der Waals surface area (Å²) >= 11 is 0. The zero-order valence-corrected chi connectivity index (χ0v) is 25.1. The highest BCUT2D eigenvalue weighted by atomic mass is 31.2. The number of aliphatic hydroxyl groups is 1. The Morgan fingerprint density at radius 2 is 1.43 bits per heavy atom. The van der Waals surface area contributed by atoms with Crippen LogP contribution in [0.3, 0.4) is 0 Å². The van der Waals surface area contributed by atoms with Gasteiger partial charge in [-0.1, -0.05) is 89.0 Å². The summed E-state index contributed by atoms with van der Waals surface area (Å²) in [5.74, 6) is -0.366. The zero-order valence-electron chi connectivity index (χ0n) is 24.2. The van der Waals surface area contributed by atoms with E-state index in [2.05, 4.69) is 24.4 Å². The number of hydrogen-bond acceptors (Lipinski definition) is 5. The highest BCUT2D eigenvalue weighted by Crippen LogP contribution is 2.43. The van der Waals surface area contributed by atoms with Gasteiger partial charge < -0.3 is 19.8 Å². The van der Waals surface area contributed by atoms with Crippen molar-refractivity contribution in [3.63, 3.8) is 0 Å². The molecule has 0 aromatic rings. The summed E-state index contributed by atoms with van der Waals surface area (Å²) in [7, 11) is 1.54. The van der Waals surface area contributed by atoms with Gasteiger partial charge in [0.25, 0.3) is 0 Å². The molecule has 1 amide bonds. The van der Waals surface area contributed by atoms with E-state index < -0.39 is 20.0 Å². The molecule has 3 N–H and O–H groups in total. The lowest BCUT2D eigenvalue weighted by Crippen LogP contribution is -2.44. The lowest BCUT2D eigenvalue weighted by atomic mass is 10.1. The molecule has 0 aliphatic heterocycles. The molecule has 0 bridgehead atoms. The molecule has 0 radical (unpaired) electrons. The van der Waals surface area contributed by atoms with Gasteiger partial charge in [-0.3, -0.25) is 13.8 Å². The van der Waals surface area contributed by atoms with Crippen molar-refractivity contribution < 1.29 is 32.9 Å². The summed E-state index contributed by atoms with van der Waals surface area (Å²) in [4.78, 5) is 21.4. The van der Waals surface area contributed by atoms with E-state index in [0.717, 1.165) is 19.3 Å². The Kier molecular flexibility index (Phi) is 21.3. The molecule has 37 heavy (non-hydrogen) atoms. The number of nitrogens with zero attached hydrogens (tertiary/aromatic N) is 1. The van der Waals surface area contributed by atoms with Gasteiger partial charge in [0.05, 0.1) is 39.9 Å². The number of rotatable bonds is 24. The third-order valence-electron chi connectivity index (χ3n) is 5.96. The Hall–Kier alpha value is -1.02. The predicted molar refractivity (Wildman–Crippen MR) is 152 cm³/mol. The first-order valence-electron chi connectivity index (χ1n) is 14.2. The molecule has 3 unspecified atom stereocenters. The van der Waals surface area contributed by atoms with Crippen LogP contribution in [0.25, 0.3) is 0 Å². The fourth-order valence-electron chi connectivity index (χ4n) is 3.68. The fourth-order valence-corrected chi connectivity index (χ4v) is 4.41. The van der Waals surface area contributed by atoms with Crippen LogP contribution in [-0.2, 0) is 18.4 Å². The van der Waals surface area contributed by atoms with Gasteiger partial charge in [-0.25, -0.2) is 4.57 Å². The van der Waals surface area contributed by atoms with Gasteiger partial charge in [-0.05, 0) is 25.7 Å². The molecule has 0 fully saturated rings. The molecule has 9 heteroatoms. The largest absolute Gasteiger partial charge is 0.472 e. The maximum atomic E-state index is 12.1. The molecular formula is C28H56N2O6P+. The van der Waals surface area contributed by atoms with E-state index in [1.165, 1.54) is 71.1 Å². The van der Waals surface area contributed by atoms with Crippen molar-refractivity contribution in [2.75, 3.05) is 40.9 Å². The SMILES string of the molecule is CCCCCCCCCCCC/C=C/CC/C=C/C(O)C(COP(=O)(O)OCC[N+](C)(C)C)NC(C)=O. The van der Waals surface area contributed by atoms with E-state index in [0.29, 0.717) is 11.0 Å². The van der Waals surface area contributed by atoms with Gasteiger partial charge in [0.1, 0.15) is 13.2 Å². The number of hydrogen-bond donors (Lipinski definition) is 3. The Morgan fingerprint density at radius 3 is 2.00 bits per heavy atom. The van der Waals surface area contributed by atoms with Crippen molar-refractivity contribution in [1.82, 2.24) is 5.32 Å². The number of phosphoric ester groups is 1. The minimum absolute atomic E-state index is 0.0528. The number of carbonyl (C=O) groups excluding carboxylic acids is 1. The number of allylic oxidation sites excluding steroid dienone is 3. The van der Waals surface area contributed by atoms with Crippen molar-refractivity contribution >= 4 is 13.7 Å². The number of carbonyl (C=O) groups is 1. The fraction of sp³-hybridized carbons (Fsp3) is 0.821. The Bertz CT molecular complexity index is 678. The topological polar surface area (TPSA) is 105 Å². The first-order valence-corrected chi connectivity index (χ1v) is 15.7. The second-order valence-electron chi connectivity index (χ2n) is 10.9. The van der Waals surface area contributed by atoms with E-state index in [-0.39, 0.29) is 19.1 Å². The number of unbranched alkanes of at least 4 members (excludes halogenated alkanes) is 11. The predicted octanol–water partition coefficient (Wildman–Crippen LogP) is 5.90. The lowest BCUT2D eigenvalue weighted by molar-refractivity contribution is -0.870. The summed E-state index contributed by atoms with van der Waals surface area (Å²) < 4.78 is 22.7. The van der Waals surface area contributed by atoms with Crippen molar-refractivity contribution in [1.29, 1.82) is 0 Å². The van der Waals surface area contributed by atoms with Crippen LogP contribution in [-0.4, -0.2) is 73.4 Å². The van der Waals surface area contributed by atoms with Gasteiger partial charge in [-0.2, -0.15) is 0 Å². The minimum Gasteiger partial charge on any atom is -0.387 e. The van der Waals surface area contributed by atoms with Crippen molar-refractivity contribution in [2.45, 2.75) is 109 Å². The number of quaternary nitrogens is 1. The third kappa shape index (κ3) is 25.0. The Labute approximate surface area is 226 Å². The molecule has 0 aromatic carbocycles. The van der Waals surface area contributed by atoms with E-state index in [1.54, 1.807) is 6.08 Å². The van der Waals surface area contributed by atoms with Crippen molar-refractivity contribution in [3.05, 3.63) is 24.3 Å². The van der Waals surface area contributed by atoms with Crippen molar-refractivity contribution in [2.24, 2.45) is 0 Å². The molecule has 0 aliphatic rings. The quantitative estimate of drug-likeness (QED) is 0.0602. The zero-order chi connectivity index (χ0) is 28.0. The summed E-state index contributed by atoms with van der Waals surface area (Å²) in [6.07, 6.45) is 22.9. The highest BCUT2D eigenvalue weighted by molar-refractivity contribution is 7.47. The second-order valence-corrected chi connectivity index (χ2v) is 12.3. The van der Waals surface area contributed by atoms with Crippen LogP contribution in [0.15, 0.2) is 24.3 Å². The summed E-state index contributed by atoms with van der Waals surface area (Å²) in [6, 6.07) is -0.858. The number of nitrogens with one attached hydrogen (secondary N) is 1. The number of amides is 1. The molecule has 0 aliphatic carbocycles. The average Bonchev–Trinajstić information content (AvgIpc) is 2.80.